The van der Waals surface area contributed by atoms with Crippen molar-refractivity contribution in [3.8, 4) is 22.4 Å². The number of pyridine rings is 2. The Labute approximate surface area is 141 Å². The SMILES string of the molecule is Cc1ccc(-c2ncccc2-c2cc(N)cc(S(C)(=O)=O)c2)cn1. The maximum Gasteiger partial charge on any atom is 0.175 e. The van der Waals surface area contributed by atoms with E-state index < -0.39 is 9.84 Å². The van der Waals surface area contributed by atoms with E-state index in [1.807, 2.05) is 31.2 Å². The minimum Gasteiger partial charge on any atom is -0.399 e. The Morgan fingerprint density at radius 1 is 1.00 bits per heavy atom. The van der Waals surface area contributed by atoms with Gasteiger partial charge < -0.3 is 5.73 Å². The Kier molecular flexibility index (Phi) is 4.07. The molecular formula is C18H17N3O2S. The van der Waals surface area contributed by atoms with E-state index in [1.165, 1.54) is 12.3 Å². The van der Waals surface area contributed by atoms with E-state index in [0.717, 1.165) is 22.5 Å². The van der Waals surface area contributed by atoms with Crippen molar-refractivity contribution in [2.24, 2.45) is 0 Å². The molecule has 3 rings (SSSR count). The van der Waals surface area contributed by atoms with E-state index in [1.54, 1.807) is 24.5 Å². The lowest BCUT2D eigenvalue weighted by Crippen LogP contribution is -2.00. The van der Waals surface area contributed by atoms with Gasteiger partial charge in [-0.15, -0.1) is 0 Å². The molecular weight excluding hydrogens is 322 g/mol. The van der Waals surface area contributed by atoms with Crippen LogP contribution in [-0.2, 0) is 9.84 Å². The molecule has 0 spiro atoms. The van der Waals surface area contributed by atoms with Gasteiger partial charge >= 0.3 is 0 Å². The Balaban J connectivity index is 2.21. The molecule has 122 valence electrons. The number of benzene rings is 1. The minimum atomic E-state index is -3.35. The normalized spacial score (nSPS) is 11.4. The van der Waals surface area contributed by atoms with Gasteiger partial charge in [-0.2, -0.15) is 0 Å². The molecule has 0 fully saturated rings. The van der Waals surface area contributed by atoms with Gasteiger partial charge in [0.15, 0.2) is 9.84 Å². The van der Waals surface area contributed by atoms with Gasteiger partial charge in [-0.1, -0.05) is 6.07 Å². The first-order chi connectivity index (χ1) is 11.3. The fourth-order valence-corrected chi connectivity index (χ4v) is 3.16. The summed E-state index contributed by atoms with van der Waals surface area (Å²) in [5.74, 6) is 0. The molecule has 0 amide bonds. The van der Waals surface area contributed by atoms with Crippen molar-refractivity contribution in [2.45, 2.75) is 11.8 Å². The Morgan fingerprint density at radius 3 is 2.46 bits per heavy atom. The van der Waals surface area contributed by atoms with E-state index in [0.29, 0.717) is 11.3 Å². The topological polar surface area (TPSA) is 85.9 Å². The number of nitrogen functional groups attached to an aromatic ring is 1. The van der Waals surface area contributed by atoms with Gasteiger partial charge in [-0.3, -0.25) is 9.97 Å². The second kappa shape index (κ2) is 6.05. The van der Waals surface area contributed by atoms with E-state index in [9.17, 15) is 8.42 Å². The first-order valence-corrected chi connectivity index (χ1v) is 9.23. The van der Waals surface area contributed by atoms with E-state index in [2.05, 4.69) is 9.97 Å². The van der Waals surface area contributed by atoms with Crippen LogP contribution in [0.15, 0.2) is 59.8 Å². The zero-order valence-electron chi connectivity index (χ0n) is 13.4. The molecule has 1 aromatic carbocycles. The van der Waals surface area contributed by atoms with Crippen LogP contribution in [0.1, 0.15) is 5.69 Å². The second-order valence-electron chi connectivity index (χ2n) is 5.65. The number of aryl methyl sites for hydroxylation is 1. The summed E-state index contributed by atoms with van der Waals surface area (Å²) >= 11 is 0. The molecule has 0 saturated carbocycles. The summed E-state index contributed by atoms with van der Waals surface area (Å²) in [5.41, 5.74) is 10.3. The third kappa shape index (κ3) is 3.28. The van der Waals surface area contributed by atoms with Crippen molar-refractivity contribution in [1.82, 2.24) is 9.97 Å². The quantitative estimate of drug-likeness (QED) is 0.741. The Morgan fingerprint density at radius 2 is 1.79 bits per heavy atom. The summed E-state index contributed by atoms with van der Waals surface area (Å²) in [6.45, 7) is 1.92. The van der Waals surface area contributed by atoms with Gasteiger partial charge in [0.1, 0.15) is 0 Å². The minimum absolute atomic E-state index is 0.189. The maximum atomic E-state index is 11.9. The molecule has 0 unspecified atom stereocenters. The molecule has 24 heavy (non-hydrogen) atoms. The summed E-state index contributed by atoms with van der Waals surface area (Å²) in [6, 6.07) is 12.4. The van der Waals surface area contributed by atoms with Crippen molar-refractivity contribution in [2.75, 3.05) is 12.0 Å². The van der Waals surface area contributed by atoms with E-state index >= 15 is 0 Å². The summed E-state index contributed by atoms with van der Waals surface area (Å²) in [7, 11) is -3.35. The Hall–Kier alpha value is -2.73. The first kappa shape index (κ1) is 16.1. The molecule has 2 aromatic heterocycles. The van der Waals surface area contributed by atoms with Crippen LogP contribution in [0.4, 0.5) is 5.69 Å². The molecule has 0 aliphatic carbocycles. The lowest BCUT2D eigenvalue weighted by molar-refractivity contribution is 0.602. The molecule has 0 atom stereocenters. The number of hydrogen-bond donors (Lipinski definition) is 1. The predicted octanol–water partition coefficient (Wildman–Crippen LogP) is 3.10. The average molecular weight is 339 g/mol. The molecule has 0 saturated heterocycles. The van der Waals surface area contributed by atoms with Gasteiger partial charge in [0.2, 0.25) is 0 Å². The number of anilines is 1. The van der Waals surface area contributed by atoms with Crippen LogP contribution in [0.3, 0.4) is 0 Å². The van der Waals surface area contributed by atoms with Crippen molar-refractivity contribution in [1.29, 1.82) is 0 Å². The lowest BCUT2D eigenvalue weighted by Gasteiger charge is -2.11. The summed E-state index contributed by atoms with van der Waals surface area (Å²) < 4.78 is 23.8. The zero-order valence-corrected chi connectivity index (χ0v) is 14.2. The van der Waals surface area contributed by atoms with Crippen LogP contribution < -0.4 is 5.73 Å². The van der Waals surface area contributed by atoms with Gasteiger partial charge in [0.25, 0.3) is 0 Å². The van der Waals surface area contributed by atoms with Gasteiger partial charge in [0, 0.05) is 41.2 Å². The monoisotopic (exact) mass is 339 g/mol. The standard InChI is InChI=1S/C18H17N3O2S/c1-12-5-6-13(11-21-12)18-17(4-3-7-20-18)14-8-15(19)10-16(9-14)24(2,22)23/h3-11H,19H2,1-2H3. The second-order valence-corrected chi connectivity index (χ2v) is 7.67. The zero-order chi connectivity index (χ0) is 17.3. The van der Waals surface area contributed by atoms with Crippen molar-refractivity contribution >= 4 is 15.5 Å². The van der Waals surface area contributed by atoms with Crippen molar-refractivity contribution in [3.63, 3.8) is 0 Å². The number of nitrogens with zero attached hydrogens (tertiary/aromatic N) is 2. The largest absolute Gasteiger partial charge is 0.399 e. The van der Waals surface area contributed by atoms with Crippen LogP contribution in [0.5, 0.6) is 0 Å². The molecule has 2 N–H and O–H groups in total. The summed E-state index contributed by atoms with van der Waals surface area (Å²) in [4.78, 5) is 8.94. The highest BCUT2D eigenvalue weighted by Crippen LogP contribution is 2.32. The van der Waals surface area contributed by atoms with Crippen LogP contribution in [0.25, 0.3) is 22.4 Å². The van der Waals surface area contributed by atoms with Crippen LogP contribution in [0.2, 0.25) is 0 Å². The molecule has 0 radical (unpaired) electrons. The molecule has 0 bridgehead atoms. The molecule has 0 aliphatic heterocycles. The highest BCUT2D eigenvalue weighted by atomic mass is 32.2. The number of aromatic nitrogens is 2. The van der Waals surface area contributed by atoms with Crippen molar-refractivity contribution in [3.05, 3.63) is 60.6 Å². The first-order valence-electron chi connectivity index (χ1n) is 7.33. The maximum absolute atomic E-state index is 11.9. The molecule has 5 nitrogen and oxygen atoms in total. The van der Waals surface area contributed by atoms with Crippen LogP contribution in [-0.4, -0.2) is 24.6 Å². The van der Waals surface area contributed by atoms with E-state index in [-0.39, 0.29) is 4.90 Å². The third-order valence-electron chi connectivity index (χ3n) is 3.66. The average Bonchev–Trinajstić information content (AvgIpc) is 2.54. The predicted molar refractivity (Wildman–Crippen MR) is 95.2 cm³/mol. The highest BCUT2D eigenvalue weighted by Gasteiger charge is 2.14. The smallest absolute Gasteiger partial charge is 0.175 e. The van der Waals surface area contributed by atoms with E-state index in [4.69, 9.17) is 5.73 Å². The van der Waals surface area contributed by atoms with Gasteiger partial charge in [0.05, 0.1) is 10.6 Å². The molecule has 2 heterocycles. The number of nitrogens with two attached hydrogens (primary N) is 1. The summed E-state index contributed by atoms with van der Waals surface area (Å²) in [6.07, 6.45) is 4.62. The number of hydrogen-bond acceptors (Lipinski definition) is 5. The Bertz CT molecular complexity index is 997. The molecule has 3 aromatic rings. The molecule has 0 aliphatic rings. The fraction of sp³-hybridized carbons (Fsp3) is 0.111. The van der Waals surface area contributed by atoms with Crippen LogP contribution >= 0.6 is 0 Å². The van der Waals surface area contributed by atoms with Gasteiger partial charge in [-0.25, -0.2) is 8.42 Å². The molecule has 6 heteroatoms. The summed E-state index contributed by atoms with van der Waals surface area (Å²) in [5, 5.41) is 0. The van der Waals surface area contributed by atoms with Gasteiger partial charge in [-0.05, 0) is 48.9 Å². The highest BCUT2D eigenvalue weighted by molar-refractivity contribution is 7.90. The van der Waals surface area contributed by atoms with Crippen molar-refractivity contribution < 1.29 is 8.42 Å². The van der Waals surface area contributed by atoms with Crippen LogP contribution in [0, 0.1) is 6.92 Å². The number of rotatable bonds is 3. The number of sulfone groups is 1. The lowest BCUT2D eigenvalue weighted by atomic mass is 10.00. The third-order valence-corrected chi connectivity index (χ3v) is 4.75. The fourth-order valence-electron chi connectivity index (χ4n) is 2.47.